The Morgan fingerprint density at radius 1 is 1.26 bits per heavy atom. The Bertz CT molecular complexity index is 1220. The number of aliphatic hydroxyl groups is 1. The van der Waals surface area contributed by atoms with Crippen molar-refractivity contribution in [3.05, 3.63) is 24.5 Å². The van der Waals surface area contributed by atoms with Crippen LogP contribution < -0.4 is 15.1 Å². The van der Waals surface area contributed by atoms with Crippen molar-refractivity contribution in [2.24, 2.45) is 5.41 Å². The molecular weight excluding hydrogens is 451 g/mol. The van der Waals surface area contributed by atoms with E-state index in [-0.39, 0.29) is 12.6 Å². The molecule has 0 amide bonds. The maximum atomic E-state index is 14.0. The van der Waals surface area contributed by atoms with Crippen LogP contribution in [0.4, 0.5) is 27.8 Å². The van der Waals surface area contributed by atoms with Gasteiger partial charge in [0.05, 0.1) is 42.2 Å². The van der Waals surface area contributed by atoms with Crippen LogP contribution in [0.15, 0.2) is 24.5 Å². The second-order valence-corrected chi connectivity index (χ2v) is 10.1. The van der Waals surface area contributed by atoms with Gasteiger partial charge in [0.25, 0.3) is 0 Å². The lowest BCUT2D eigenvalue weighted by Crippen LogP contribution is -2.66. The molecule has 186 valence electrons. The zero-order valence-corrected chi connectivity index (χ0v) is 20.1. The van der Waals surface area contributed by atoms with Crippen LogP contribution in [0.3, 0.4) is 0 Å². The lowest BCUT2D eigenvalue weighted by atomic mass is 9.78. The summed E-state index contributed by atoms with van der Waals surface area (Å²) in [4.78, 5) is 17.6. The van der Waals surface area contributed by atoms with Crippen molar-refractivity contribution >= 4 is 34.3 Å². The van der Waals surface area contributed by atoms with Crippen molar-refractivity contribution in [3.8, 4) is 0 Å². The molecule has 2 N–H and O–H groups in total. The highest BCUT2D eigenvalue weighted by molar-refractivity contribution is 5.92. The molecule has 0 bridgehead atoms. The maximum absolute atomic E-state index is 14.0. The summed E-state index contributed by atoms with van der Waals surface area (Å²) in [5.74, 6) is 2.65. The molecule has 0 saturated carbocycles. The third-order valence-corrected chi connectivity index (χ3v) is 7.44. The highest BCUT2D eigenvalue weighted by Crippen LogP contribution is 2.42. The van der Waals surface area contributed by atoms with E-state index in [1.165, 1.54) is 0 Å². The Morgan fingerprint density at radius 3 is 2.80 bits per heavy atom. The monoisotopic (exact) mass is 482 g/mol. The maximum Gasteiger partial charge on any atom is 0.227 e. The van der Waals surface area contributed by atoms with Crippen LogP contribution in [0.2, 0.25) is 0 Å². The molecule has 0 radical (unpaired) electrons. The Hall–Kier alpha value is -3.05. The van der Waals surface area contributed by atoms with Gasteiger partial charge in [-0.05, 0) is 25.8 Å². The van der Waals surface area contributed by atoms with Gasteiger partial charge in [0.2, 0.25) is 5.95 Å². The van der Waals surface area contributed by atoms with Gasteiger partial charge in [-0.2, -0.15) is 10.1 Å². The quantitative estimate of drug-likeness (QED) is 0.549. The van der Waals surface area contributed by atoms with Crippen molar-refractivity contribution in [2.45, 2.75) is 45.0 Å². The second-order valence-electron chi connectivity index (χ2n) is 10.1. The number of rotatable bonds is 6. The van der Waals surface area contributed by atoms with Crippen molar-refractivity contribution in [1.29, 1.82) is 0 Å². The van der Waals surface area contributed by atoms with Crippen molar-refractivity contribution in [2.75, 3.05) is 54.5 Å². The Balaban J connectivity index is 1.26. The van der Waals surface area contributed by atoms with Gasteiger partial charge in [-0.15, -0.1) is 0 Å². The van der Waals surface area contributed by atoms with E-state index in [0.717, 1.165) is 49.4 Å². The number of anilines is 4. The number of aliphatic hydroxyl groups excluding tert-OH is 1. The second kappa shape index (κ2) is 8.56. The molecule has 3 fully saturated rings. The molecule has 0 aromatic carbocycles. The fourth-order valence-corrected chi connectivity index (χ4v) is 5.09. The third-order valence-electron chi connectivity index (χ3n) is 7.44. The molecule has 3 aliphatic rings. The van der Waals surface area contributed by atoms with E-state index in [9.17, 15) is 9.50 Å². The van der Waals surface area contributed by atoms with E-state index in [0.29, 0.717) is 36.0 Å². The molecule has 35 heavy (non-hydrogen) atoms. The average molecular weight is 483 g/mol. The predicted octanol–water partition coefficient (Wildman–Crippen LogP) is 2.68. The molecule has 6 heterocycles. The first-order chi connectivity index (χ1) is 16.9. The van der Waals surface area contributed by atoms with Crippen LogP contribution in [0.25, 0.3) is 10.9 Å². The van der Waals surface area contributed by atoms with Crippen LogP contribution in [-0.2, 0) is 4.74 Å². The molecule has 1 spiro atoms. The molecule has 6 rings (SSSR count). The number of alkyl halides is 1. The number of hydrogen-bond donors (Lipinski definition) is 2. The lowest BCUT2D eigenvalue weighted by Gasteiger charge is -2.55. The van der Waals surface area contributed by atoms with E-state index < -0.39 is 12.3 Å². The number of nitrogens with one attached hydrogen (secondary N) is 1. The van der Waals surface area contributed by atoms with Crippen molar-refractivity contribution in [1.82, 2.24) is 24.7 Å². The first-order valence-electron chi connectivity index (χ1n) is 12.3. The minimum absolute atomic E-state index is 0.0790. The molecule has 3 aromatic rings. The molecule has 3 atom stereocenters. The number of fused-ring (bicyclic) bond motifs is 1. The fourth-order valence-electron chi connectivity index (χ4n) is 5.09. The number of pyridine rings is 1. The van der Waals surface area contributed by atoms with Gasteiger partial charge in [-0.3, -0.25) is 4.68 Å². The zero-order valence-electron chi connectivity index (χ0n) is 20.1. The molecular formula is C24H31FN8O2. The number of piperidine rings is 1. The van der Waals surface area contributed by atoms with Gasteiger partial charge >= 0.3 is 0 Å². The third kappa shape index (κ3) is 3.96. The van der Waals surface area contributed by atoms with Crippen molar-refractivity contribution < 1.29 is 14.2 Å². The minimum Gasteiger partial charge on any atom is -0.390 e. The first kappa shape index (κ1) is 22.4. The molecule has 0 aliphatic carbocycles. The average Bonchev–Trinajstić information content (AvgIpc) is 3.17. The number of halogens is 1. The topological polar surface area (TPSA) is 104 Å². The number of hydrogen-bond acceptors (Lipinski definition) is 9. The fraction of sp³-hybridized carbons (Fsp3) is 0.583. The Morgan fingerprint density at radius 2 is 2.09 bits per heavy atom. The Kier molecular flexibility index (Phi) is 5.48. The van der Waals surface area contributed by atoms with E-state index >= 15 is 0 Å². The van der Waals surface area contributed by atoms with Crippen molar-refractivity contribution in [3.63, 3.8) is 0 Å². The van der Waals surface area contributed by atoms with Crippen LogP contribution >= 0.6 is 0 Å². The van der Waals surface area contributed by atoms with Crippen LogP contribution in [0.5, 0.6) is 0 Å². The van der Waals surface area contributed by atoms with Gasteiger partial charge in [0.1, 0.15) is 17.8 Å². The SMILES string of the molecule is CC[C@H](C)n1nc(N2CC3(COC3)C2)c2cnc(Nc3ccnc(N4CC[C@@H](O)[C@@H](F)C4)n3)cc21. The van der Waals surface area contributed by atoms with Crippen LogP contribution in [-0.4, -0.2) is 81.5 Å². The summed E-state index contributed by atoms with van der Waals surface area (Å²) in [5.41, 5.74) is 1.33. The normalized spacial score (nSPS) is 24.3. The highest BCUT2D eigenvalue weighted by atomic mass is 19.1. The van der Waals surface area contributed by atoms with E-state index in [2.05, 4.69) is 43.7 Å². The predicted molar refractivity (Wildman–Crippen MR) is 131 cm³/mol. The van der Waals surface area contributed by atoms with E-state index in [4.69, 9.17) is 9.84 Å². The highest BCUT2D eigenvalue weighted by Gasteiger charge is 2.50. The summed E-state index contributed by atoms with van der Waals surface area (Å²) in [6.07, 6.45) is 2.62. The summed E-state index contributed by atoms with van der Waals surface area (Å²) < 4.78 is 21.5. The number of nitrogens with zero attached hydrogens (tertiary/aromatic N) is 7. The van der Waals surface area contributed by atoms with E-state index in [1.54, 1.807) is 17.2 Å². The molecule has 0 unspecified atom stereocenters. The van der Waals surface area contributed by atoms with Gasteiger partial charge in [0, 0.05) is 44.1 Å². The van der Waals surface area contributed by atoms with Crippen LogP contribution in [0, 0.1) is 5.41 Å². The molecule has 3 aliphatic heterocycles. The molecule has 11 heteroatoms. The van der Waals surface area contributed by atoms with E-state index in [1.807, 2.05) is 12.3 Å². The van der Waals surface area contributed by atoms with Gasteiger partial charge in [-0.25, -0.2) is 14.4 Å². The largest absolute Gasteiger partial charge is 0.390 e. The summed E-state index contributed by atoms with van der Waals surface area (Å²) in [6.45, 7) is 8.53. The summed E-state index contributed by atoms with van der Waals surface area (Å²) in [6, 6.07) is 4.02. The van der Waals surface area contributed by atoms with Gasteiger partial charge in [0.15, 0.2) is 5.82 Å². The smallest absolute Gasteiger partial charge is 0.227 e. The van der Waals surface area contributed by atoms with Gasteiger partial charge < -0.3 is 25.0 Å². The molecule has 3 aromatic heterocycles. The number of ether oxygens (including phenoxy) is 1. The standard InChI is InChI=1S/C24H31FN8O2/c1-3-15(2)33-18-8-21(27-9-16(18)22(30-33)32-11-24(12-32)13-35-14-24)28-20-4-6-26-23(29-20)31-7-5-19(34)17(25)10-31/h4,6,8-9,15,17,19,34H,3,5,7,10-14H2,1-2H3,(H,26,27,28,29)/t15-,17-,19+/m0/s1. The summed E-state index contributed by atoms with van der Waals surface area (Å²) >= 11 is 0. The first-order valence-corrected chi connectivity index (χ1v) is 12.3. The minimum atomic E-state index is -1.30. The molecule has 10 nitrogen and oxygen atoms in total. The van der Waals surface area contributed by atoms with Crippen LogP contribution in [0.1, 0.15) is 32.7 Å². The lowest BCUT2D eigenvalue weighted by molar-refractivity contribution is -0.127. The summed E-state index contributed by atoms with van der Waals surface area (Å²) in [7, 11) is 0. The van der Waals surface area contributed by atoms with Gasteiger partial charge in [-0.1, -0.05) is 6.92 Å². The number of aromatic nitrogens is 5. The summed E-state index contributed by atoms with van der Waals surface area (Å²) in [5, 5.41) is 19.0. The Labute approximate surface area is 203 Å². The molecule has 3 saturated heterocycles. The zero-order chi connectivity index (χ0) is 24.2.